The molecule has 3 aliphatic rings. The number of hydrogen-bond donors (Lipinski definition) is 1. The molecule has 0 radical (unpaired) electrons. The van der Waals surface area contributed by atoms with Crippen molar-refractivity contribution < 1.29 is 14.4 Å². The van der Waals surface area contributed by atoms with Crippen molar-refractivity contribution >= 4 is 17.7 Å². The molecule has 1 aromatic carbocycles. The Labute approximate surface area is 172 Å². The number of carbonyl (C=O) groups is 3. The zero-order valence-corrected chi connectivity index (χ0v) is 17.1. The van der Waals surface area contributed by atoms with E-state index in [2.05, 4.69) is 16.3 Å². The van der Waals surface area contributed by atoms with E-state index in [0.29, 0.717) is 51.7 Å². The van der Waals surface area contributed by atoms with E-state index in [4.69, 9.17) is 0 Å². The first-order valence-corrected chi connectivity index (χ1v) is 10.7. The minimum absolute atomic E-state index is 0.0174. The summed E-state index contributed by atoms with van der Waals surface area (Å²) in [5.41, 5.74) is 2.33. The highest BCUT2D eigenvalue weighted by atomic mass is 16.2. The van der Waals surface area contributed by atoms with Crippen LogP contribution in [-0.4, -0.2) is 77.7 Å². The standard InChI is InChI=1S/C22H30N4O3/c1-16(27)26-9-8-17-4-2-3-5-19(17)20(26)14-22(29)25-12-10-24(11-13-25)15-21(28)23-18-6-7-18/h2-5,18,20H,6-15H2,1H3,(H,23,28). The Morgan fingerprint density at radius 1 is 1.03 bits per heavy atom. The van der Waals surface area contributed by atoms with Crippen molar-refractivity contribution in [2.45, 2.75) is 44.7 Å². The monoisotopic (exact) mass is 398 g/mol. The third-order valence-electron chi connectivity index (χ3n) is 6.22. The van der Waals surface area contributed by atoms with Gasteiger partial charge in [-0.05, 0) is 30.4 Å². The Morgan fingerprint density at radius 2 is 1.76 bits per heavy atom. The van der Waals surface area contributed by atoms with Crippen molar-refractivity contribution in [3.05, 3.63) is 35.4 Å². The first kappa shape index (κ1) is 19.9. The smallest absolute Gasteiger partial charge is 0.234 e. The second-order valence-electron chi connectivity index (χ2n) is 8.38. The summed E-state index contributed by atoms with van der Waals surface area (Å²) in [7, 11) is 0. The van der Waals surface area contributed by atoms with Gasteiger partial charge in [0.15, 0.2) is 0 Å². The number of carbonyl (C=O) groups excluding carboxylic acids is 3. The van der Waals surface area contributed by atoms with Gasteiger partial charge in [0, 0.05) is 45.7 Å². The van der Waals surface area contributed by atoms with Gasteiger partial charge in [0.2, 0.25) is 17.7 Å². The Balaban J connectivity index is 1.34. The molecular weight excluding hydrogens is 368 g/mol. The second kappa shape index (κ2) is 8.53. The molecule has 29 heavy (non-hydrogen) atoms. The van der Waals surface area contributed by atoms with Gasteiger partial charge in [-0.25, -0.2) is 0 Å². The third-order valence-corrected chi connectivity index (χ3v) is 6.22. The molecule has 3 amide bonds. The maximum atomic E-state index is 13.0. The lowest BCUT2D eigenvalue weighted by molar-refractivity contribution is -0.137. The van der Waals surface area contributed by atoms with Gasteiger partial charge in [0.05, 0.1) is 19.0 Å². The minimum Gasteiger partial charge on any atom is -0.352 e. The molecule has 2 aliphatic heterocycles. The van der Waals surface area contributed by atoms with Crippen LogP contribution in [0.25, 0.3) is 0 Å². The predicted octanol–water partition coefficient (Wildman–Crippen LogP) is 0.945. The molecule has 4 rings (SSSR count). The Morgan fingerprint density at radius 3 is 2.45 bits per heavy atom. The fraction of sp³-hybridized carbons (Fsp3) is 0.591. The fourth-order valence-electron chi connectivity index (χ4n) is 4.40. The third kappa shape index (κ3) is 4.78. The van der Waals surface area contributed by atoms with E-state index in [1.165, 1.54) is 5.56 Å². The lowest BCUT2D eigenvalue weighted by Crippen LogP contribution is -2.52. The minimum atomic E-state index is -0.188. The zero-order valence-electron chi connectivity index (χ0n) is 17.1. The Hall–Kier alpha value is -2.41. The maximum absolute atomic E-state index is 13.0. The highest BCUT2D eigenvalue weighted by Gasteiger charge is 2.33. The van der Waals surface area contributed by atoms with Gasteiger partial charge in [-0.15, -0.1) is 0 Å². The van der Waals surface area contributed by atoms with Gasteiger partial charge < -0.3 is 15.1 Å². The molecule has 1 aromatic rings. The molecule has 1 atom stereocenters. The highest BCUT2D eigenvalue weighted by molar-refractivity contribution is 5.80. The van der Waals surface area contributed by atoms with E-state index >= 15 is 0 Å². The summed E-state index contributed by atoms with van der Waals surface area (Å²) in [6.07, 6.45) is 3.34. The van der Waals surface area contributed by atoms with Crippen LogP contribution in [0, 0.1) is 0 Å². The molecule has 0 bridgehead atoms. The number of nitrogens with one attached hydrogen (secondary N) is 1. The average molecular weight is 399 g/mol. The Kier molecular flexibility index (Phi) is 5.85. The largest absolute Gasteiger partial charge is 0.352 e. The van der Waals surface area contributed by atoms with Crippen molar-refractivity contribution in [1.29, 1.82) is 0 Å². The Bertz CT molecular complexity index is 784. The number of rotatable bonds is 5. The predicted molar refractivity (Wildman–Crippen MR) is 109 cm³/mol. The topological polar surface area (TPSA) is 73.0 Å². The zero-order chi connectivity index (χ0) is 20.4. The molecule has 1 aliphatic carbocycles. The normalized spacial score (nSPS) is 22.2. The van der Waals surface area contributed by atoms with E-state index in [1.54, 1.807) is 6.92 Å². The average Bonchev–Trinajstić information content (AvgIpc) is 3.52. The van der Waals surface area contributed by atoms with E-state index in [1.807, 2.05) is 28.0 Å². The lowest BCUT2D eigenvalue weighted by Gasteiger charge is -2.39. The van der Waals surface area contributed by atoms with E-state index < -0.39 is 0 Å². The van der Waals surface area contributed by atoms with Crippen LogP contribution in [0.4, 0.5) is 0 Å². The quantitative estimate of drug-likeness (QED) is 0.801. The van der Waals surface area contributed by atoms with Crippen molar-refractivity contribution in [1.82, 2.24) is 20.0 Å². The van der Waals surface area contributed by atoms with E-state index in [0.717, 1.165) is 24.8 Å². The first-order valence-electron chi connectivity index (χ1n) is 10.7. The molecule has 1 N–H and O–H groups in total. The molecule has 0 aromatic heterocycles. The van der Waals surface area contributed by atoms with Crippen molar-refractivity contribution in [3.63, 3.8) is 0 Å². The second-order valence-corrected chi connectivity index (χ2v) is 8.38. The summed E-state index contributed by atoms with van der Waals surface area (Å²) in [4.78, 5) is 43.0. The molecule has 7 nitrogen and oxygen atoms in total. The molecule has 1 unspecified atom stereocenters. The van der Waals surface area contributed by atoms with Crippen LogP contribution in [-0.2, 0) is 20.8 Å². The molecule has 7 heteroatoms. The van der Waals surface area contributed by atoms with Gasteiger partial charge in [0.25, 0.3) is 0 Å². The van der Waals surface area contributed by atoms with Crippen molar-refractivity contribution in [3.8, 4) is 0 Å². The fourth-order valence-corrected chi connectivity index (χ4v) is 4.40. The molecular formula is C22H30N4O3. The van der Waals surface area contributed by atoms with Crippen molar-refractivity contribution in [2.75, 3.05) is 39.3 Å². The van der Waals surface area contributed by atoms with Gasteiger partial charge in [-0.1, -0.05) is 24.3 Å². The van der Waals surface area contributed by atoms with Crippen LogP contribution in [0.2, 0.25) is 0 Å². The van der Waals surface area contributed by atoms with Crippen LogP contribution in [0.1, 0.15) is 43.4 Å². The number of nitrogens with zero attached hydrogens (tertiary/aromatic N) is 3. The summed E-state index contributed by atoms with van der Waals surface area (Å²) in [5.74, 6) is 0.187. The number of fused-ring (bicyclic) bond motifs is 1. The molecule has 2 heterocycles. The summed E-state index contributed by atoms with van der Waals surface area (Å²) in [5, 5.41) is 3.02. The number of piperazine rings is 1. The maximum Gasteiger partial charge on any atom is 0.234 e. The molecule has 1 saturated carbocycles. The van der Waals surface area contributed by atoms with Crippen LogP contribution in [0.5, 0.6) is 0 Å². The van der Waals surface area contributed by atoms with Gasteiger partial charge in [-0.3, -0.25) is 19.3 Å². The number of hydrogen-bond acceptors (Lipinski definition) is 4. The first-order chi connectivity index (χ1) is 14.0. The molecule has 0 spiro atoms. The summed E-state index contributed by atoms with van der Waals surface area (Å²) in [6, 6.07) is 8.32. The van der Waals surface area contributed by atoms with Crippen LogP contribution < -0.4 is 5.32 Å². The van der Waals surface area contributed by atoms with E-state index in [-0.39, 0.29) is 23.8 Å². The van der Waals surface area contributed by atoms with Crippen LogP contribution in [0.3, 0.4) is 0 Å². The molecule has 2 fully saturated rings. The van der Waals surface area contributed by atoms with Gasteiger partial charge in [-0.2, -0.15) is 0 Å². The van der Waals surface area contributed by atoms with Crippen LogP contribution in [0.15, 0.2) is 24.3 Å². The summed E-state index contributed by atoms with van der Waals surface area (Å²) >= 11 is 0. The summed E-state index contributed by atoms with van der Waals surface area (Å²) < 4.78 is 0. The summed E-state index contributed by atoms with van der Waals surface area (Å²) in [6.45, 7) is 5.33. The highest BCUT2D eigenvalue weighted by Crippen LogP contribution is 2.32. The number of amides is 3. The molecule has 156 valence electrons. The van der Waals surface area contributed by atoms with Crippen LogP contribution >= 0.6 is 0 Å². The SMILES string of the molecule is CC(=O)N1CCc2ccccc2C1CC(=O)N1CCN(CC(=O)NC2CC2)CC1. The molecule has 1 saturated heterocycles. The van der Waals surface area contributed by atoms with Crippen molar-refractivity contribution in [2.24, 2.45) is 0 Å². The van der Waals surface area contributed by atoms with E-state index in [9.17, 15) is 14.4 Å². The number of benzene rings is 1. The lowest BCUT2D eigenvalue weighted by atomic mass is 9.90. The van der Waals surface area contributed by atoms with Gasteiger partial charge in [0.1, 0.15) is 0 Å². The van der Waals surface area contributed by atoms with Gasteiger partial charge >= 0.3 is 0 Å².